The minimum Gasteiger partial charge on any atom is -0.508 e. The Hall–Kier alpha value is -3.22. The molecule has 3 atom stereocenters. The van der Waals surface area contributed by atoms with Gasteiger partial charge in [0, 0.05) is 28.5 Å². The number of phenolic OH excluding ortho intramolecular Hbond substituents is 1. The van der Waals surface area contributed by atoms with Gasteiger partial charge in [-0.2, -0.15) is 0 Å². The first kappa shape index (κ1) is 22.6. The smallest absolute Gasteiger partial charge is 0.269 e. The Balaban J connectivity index is 1.63. The molecule has 5 rings (SSSR count). The maximum atomic E-state index is 13.7. The standard InChI is InChI=1S/C22H17N3O6S3/c1-2-31-12-6-3-10(4-7-12)24-20(27)16-15(13-9-11(25(29)30)5-8-14(13)26)17-19(23-22(32)34-17)33-18(16)21(24)28/h3-9,15-16,18,26H,2H2,1H3,(H,23,32)/t15-,16+,18-/m1/s1. The molecule has 2 aliphatic heterocycles. The number of carbonyl (C=O) groups is 2. The van der Waals surface area contributed by atoms with Gasteiger partial charge in [-0.05, 0) is 49.5 Å². The summed E-state index contributed by atoms with van der Waals surface area (Å²) < 4.78 is 5.90. The monoisotopic (exact) mass is 515 g/mol. The number of benzene rings is 2. The van der Waals surface area contributed by atoms with Crippen LogP contribution in [-0.4, -0.2) is 38.7 Å². The molecule has 34 heavy (non-hydrogen) atoms. The average Bonchev–Trinajstić information content (AvgIpc) is 3.30. The first-order chi connectivity index (χ1) is 16.3. The molecule has 2 aliphatic rings. The van der Waals surface area contributed by atoms with Crippen molar-refractivity contribution in [1.82, 2.24) is 4.98 Å². The van der Waals surface area contributed by atoms with E-state index >= 15 is 0 Å². The Morgan fingerprint density at radius 2 is 1.94 bits per heavy atom. The van der Waals surface area contributed by atoms with E-state index in [9.17, 15) is 24.8 Å². The lowest BCUT2D eigenvalue weighted by Crippen LogP contribution is -2.32. The van der Waals surface area contributed by atoms with Gasteiger partial charge in [-0.25, -0.2) is 4.90 Å². The van der Waals surface area contributed by atoms with Gasteiger partial charge >= 0.3 is 0 Å². The van der Waals surface area contributed by atoms with Crippen LogP contribution in [0.25, 0.3) is 0 Å². The van der Waals surface area contributed by atoms with Gasteiger partial charge in [-0.15, -0.1) is 11.3 Å². The van der Waals surface area contributed by atoms with Crippen molar-refractivity contribution >= 4 is 58.5 Å². The predicted octanol–water partition coefficient (Wildman–Crippen LogP) is 4.61. The van der Waals surface area contributed by atoms with Crippen molar-refractivity contribution in [3.63, 3.8) is 0 Å². The number of imide groups is 1. The molecule has 3 heterocycles. The second kappa shape index (κ2) is 8.53. The lowest BCUT2D eigenvalue weighted by molar-refractivity contribution is -0.385. The number of nitro benzene ring substituents is 1. The SMILES string of the molecule is CCOc1ccc(N2C(=O)[C@H]3[C@@H](c4cc([N+](=O)[O-])ccc4O)c4sc(=S)[nH]c4S[C@H]3C2=O)cc1. The maximum absolute atomic E-state index is 13.7. The van der Waals surface area contributed by atoms with Crippen LogP contribution in [0.5, 0.6) is 11.5 Å². The summed E-state index contributed by atoms with van der Waals surface area (Å²) in [6.45, 7) is 2.34. The number of H-pyrrole nitrogens is 1. The molecule has 1 fully saturated rings. The Kier molecular flexibility index (Phi) is 5.66. The van der Waals surface area contributed by atoms with Crippen LogP contribution in [0.1, 0.15) is 23.3 Å². The molecular weight excluding hydrogens is 498 g/mol. The normalized spacial score (nSPS) is 21.3. The van der Waals surface area contributed by atoms with Crippen LogP contribution in [0, 0.1) is 20.0 Å². The molecule has 0 spiro atoms. The number of nitrogens with zero attached hydrogens (tertiary/aromatic N) is 2. The van der Waals surface area contributed by atoms with E-state index in [0.29, 0.717) is 31.9 Å². The van der Waals surface area contributed by atoms with E-state index in [4.69, 9.17) is 17.0 Å². The number of thioether (sulfide) groups is 1. The highest BCUT2D eigenvalue weighted by Gasteiger charge is 2.56. The number of ether oxygens (including phenoxy) is 1. The highest BCUT2D eigenvalue weighted by molar-refractivity contribution is 8.01. The molecule has 174 valence electrons. The number of fused-ring (bicyclic) bond motifs is 2. The van der Waals surface area contributed by atoms with Crippen molar-refractivity contribution in [3.05, 3.63) is 67.0 Å². The quantitative estimate of drug-likeness (QED) is 0.218. The summed E-state index contributed by atoms with van der Waals surface area (Å²) in [7, 11) is 0. The van der Waals surface area contributed by atoms with Crippen molar-refractivity contribution in [2.24, 2.45) is 5.92 Å². The Labute approximate surface area is 206 Å². The number of hydrogen-bond acceptors (Lipinski definition) is 9. The van der Waals surface area contributed by atoms with Crippen LogP contribution < -0.4 is 9.64 Å². The van der Waals surface area contributed by atoms with Gasteiger partial charge in [-0.1, -0.05) is 11.8 Å². The van der Waals surface area contributed by atoms with Crippen molar-refractivity contribution in [2.75, 3.05) is 11.5 Å². The fraction of sp³-hybridized carbons (Fsp3) is 0.227. The molecule has 0 radical (unpaired) electrons. The number of carbonyl (C=O) groups excluding carboxylic acids is 2. The third kappa shape index (κ3) is 3.58. The van der Waals surface area contributed by atoms with Gasteiger partial charge in [0.05, 0.1) is 28.2 Å². The van der Waals surface area contributed by atoms with E-state index in [1.54, 1.807) is 24.3 Å². The summed E-state index contributed by atoms with van der Waals surface area (Å²) in [6, 6.07) is 10.4. The zero-order valence-electron chi connectivity index (χ0n) is 17.6. The number of thiazole rings is 1. The fourth-order valence-electron chi connectivity index (χ4n) is 4.37. The molecule has 0 saturated carbocycles. The molecule has 0 unspecified atom stereocenters. The number of non-ortho nitro benzene ring substituents is 1. The van der Waals surface area contributed by atoms with Crippen LogP contribution in [0.15, 0.2) is 47.5 Å². The number of hydrogen-bond donors (Lipinski definition) is 2. The topological polar surface area (TPSA) is 126 Å². The van der Waals surface area contributed by atoms with Gasteiger partial charge in [-0.3, -0.25) is 19.7 Å². The lowest BCUT2D eigenvalue weighted by atomic mass is 9.82. The van der Waals surface area contributed by atoms with Gasteiger partial charge in [0.15, 0.2) is 3.95 Å². The minimum absolute atomic E-state index is 0.189. The van der Waals surface area contributed by atoms with Gasteiger partial charge in [0.25, 0.3) is 5.69 Å². The maximum Gasteiger partial charge on any atom is 0.269 e. The molecule has 2 amide bonds. The van der Waals surface area contributed by atoms with Crippen molar-refractivity contribution in [1.29, 1.82) is 0 Å². The number of nitro groups is 1. The summed E-state index contributed by atoms with van der Waals surface area (Å²) in [5.41, 5.74) is 0.404. The summed E-state index contributed by atoms with van der Waals surface area (Å²) in [4.78, 5) is 42.9. The zero-order chi connectivity index (χ0) is 24.1. The van der Waals surface area contributed by atoms with Crippen molar-refractivity contribution < 1.29 is 24.4 Å². The van der Waals surface area contributed by atoms with Gasteiger partial charge in [0.2, 0.25) is 11.8 Å². The molecule has 12 heteroatoms. The number of phenols is 1. The third-order valence-corrected chi connectivity index (χ3v) is 8.54. The highest BCUT2D eigenvalue weighted by Crippen LogP contribution is 2.55. The van der Waals surface area contributed by atoms with Gasteiger partial charge in [0.1, 0.15) is 16.7 Å². The average molecular weight is 516 g/mol. The number of aromatic hydroxyl groups is 1. The van der Waals surface area contributed by atoms with E-state index in [1.807, 2.05) is 6.92 Å². The van der Waals surface area contributed by atoms with Crippen LogP contribution in [0.3, 0.4) is 0 Å². The van der Waals surface area contributed by atoms with E-state index < -0.39 is 33.8 Å². The fourth-order valence-corrected chi connectivity index (χ4v) is 7.32. The third-order valence-electron chi connectivity index (χ3n) is 5.79. The molecule has 1 aromatic heterocycles. The van der Waals surface area contributed by atoms with E-state index in [-0.39, 0.29) is 17.0 Å². The minimum atomic E-state index is -0.870. The molecule has 0 bridgehead atoms. The lowest BCUT2D eigenvalue weighted by Gasteiger charge is -2.30. The van der Waals surface area contributed by atoms with Crippen LogP contribution >= 0.6 is 35.3 Å². The van der Waals surface area contributed by atoms with E-state index in [2.05, 4.69) is 4.98 Å². The summed E-state index contributed by atoms with van der Waals surface area (Å²) >= 11 is 7.75. The Bertz CT molecular complexity index is 1380. The second-order valence-corrected chi connectivity index (χ2v) is 10.6. The van der Waals surface area contributed by atoms with Crippen LogP contribution in [0.4, 0.5) is 11.4 Å². The molecule has 1 saturated heterocycles. The summed E-state index contributed by atoms with van der Waals surface area (Å²) in [5.74, 6) is -2.05. The second-order valence-electron chi connectivity index (χ2n) is 7.69. The van der Waals surface area contributed by atoms with E-state index in [0.717, 1.165) is 4.90 Å². The number of amides is 2. The number of aromatic nitrogens is 1. The van der Waals surface area contributed by atoms with E-state index in [1.165, 1.54) is 41.3 Å². The zero-order valence-corrected chi connectivity index (χ0v) is 20.0. The molecule has 2 aromatic carbocycles. The molecular formula is C22H17N3O6S3. The van der Waals surface area contributed by atoms with Crippen molar-refractivity contribution in [3.8, 4) is 11.5 Å². The van der Waals surface area contributed by atoms with Gasteiger partial charge < -0.3 is 14.8 Å². The molecule has 2 N–H and O–H groups in total. The predicted molar refractivity (Wildman–Crippen MR) is 129 cm³/mol. The Morgan fingerprint density at radius 1 is 1.21 bits per heavy atom. The van der Waals surface area contributed by atoms with Crippen LogP contribution in [0.2, 0.25) is 0 Å². The number of rotatable bonds is 5. The molecule has 3 aromatic rings. The highest BCUT2D eigenvalue weighted by atomic mass is 32.2. The molecule has 0 aliphatic carbocycles. The van der Waals surface area contributed by atoms with Crippen LogP contribution in [-0.2, 0) is 9.59 Å². The van der Waals surface area contributed by atoms with Crippen molar-refractivity contribution in [2.45, 2.75) is 23.1 Å². The summed E-state index contributed by atoms with van der Waals surface area (Å²) in [5, 5.41) is 21.9. The first-order valence-electron chi connectivity index (χ1n) is 10.3. The first-order valence-corrected chi connectivity index (χ1v) is 12.4. The largest absolute Gasteiger partial charge is 0.508 e. The number of anilines is 1. The summed E-state index contributed by atoms with van der Waals surface area (Å²) in [6.07, 6.45) is 0. The number of nitrogens with one attached hydrogen (secondary N) is 1. The molecule has 9 nitrogen and oxygen atoms in total. The Morgan fingerprint density at radius 3 is 2.62 bits per heavy atom. The number of aromatic amines is 1.